The average molecular weight is 166 g/mol. The lowest BCUT2D eigenvalue weighted by atomic mass is 9.95. The number of H-pyrrole nitrogens is 1. The van der Waals surface area contributed by atoms with Crippen LogP contribution >= 0.6 is 0 Å². The first-order valence-corrected chi connectivity index (χ1v) is 4.16. The van der Waals surface area contributed by atoms with Gasteiger partial charge in [0.05, 0.1) is 0 Å². The van der Waals surface area contributed by atoms with Crippen LogP contribution in [0.2, 0.25) is 0 Å². The van der Waals surface area contributed by atoms with E-state index in [1.165, 1.54) is 0 Å². The zero-order valence-corrected chi connectivity index (χ0v) is 7.66. The Hall–Kier alpha value is -1.12. The van der Waals surface area contributed by atoms with Gasteiger partial charge in [-0.1, -0.05) is 20.8 Å². The van der Waals surface area contributed by atoms with Gasteiger partial charge in [-0.25, -0.2) is 0 Å². The molecule has 1 N–H and O–H groups in total. The maximum atomic E-state index is 11.2. The Morgan fingerprint density at radius 3 is 2.58 bits per heavy atom. The number of hydrogen-bond acceptors (Lipinski definition) is 2. The fourth-order valence-electron chi connectivity index (χ4n) is 1.00. The molecule has 1 rings (SSSR count). The quantitative estimate of drug-likeness (QED) is 0.724. The van der Waals surface area contributed by atoms with E-state index in [0.717, 1.165) is 0 Å². The molecule has 0 radical (unpaired) electrons. The fraction of sp³-hybridized carbons (Fsp3) is 0.556. The van der Waals surface area contributed by atoms with E-state index in [-0.39, 0.29) is 11.5 Å². The minimum Gasteiger partial charge on any atom is -0.326 e. The second-order valence-corrected chi connectivity index (χ2v) is 3.34. The molecule has 0 aliphatic carbocycles. The second kappa shape index (κ2) is 3.52. The molecule has 0 aliphatic heterocycles. The van der Waals surface area contributed by atoms with Gasteiger partial charge in [0.25, 0.3) is 5.56 Å². The second-order valence-electron chi connectivity index (χ2n) is 3.34. The summed E-state index contributed by atoms with van der Waals surface area (Å²) in [5.74, 6) is 0.663. The molecule has 1 heterocycles. The van der Waals surface area contributed by atoms with Gasteiger partial charge in [-0.2, -0.15) is 0 Å². The molecule has 3 heteroatoms. The van der Waals surface area contributed by atoms with E-state index in [1.54, 1.807) is 12.4 Å². The number of rotatable bonds is 2. The minimum absolute atomic E-state index is 0.0706. The van der Waals surface area contributed by atoms with Crippen molar-refractivity contribution < 1.29 is 0 Å². The van der Waals surface area contributed by atoms with Gasteiger partial charge in [-0.3, -0.25) is 9.78 Å². The highest BCUT2D eigenvalue weighted by atomic mass is 16.1. The predicted octanol–water partition coefficient (Wildman–Crippen LogP) is 1.53. The first kappa shape index (κ1) is 8.97. The first-order valence-electron chi connectivity index (χ1n) is 4.16. The SMILES string of the molecule is CC(C)C(C)c1ncc[nH]c1=O. The van der Waals surface area contributed by atoms with Crippen LogP contribution in [0.4, 0.5) is 0 Å². The van der Waals surface area contributed by atoms with Crippen LogP contribution in [0, 0.1) is 5.92 Å². The molecule has 0 aromatic carbocycles. The molecule has 1 unspecified atom stereocenters. The summed E-state index contributed by atoms with van der Waals surface area (Å²) in [5.41, 5.74) is 0.561. The monoisotopic (exact) mass is 166 g/mol. The molecule has 0 amide bonds. The number of hydrogen-bond donors (Lipinski definition) is 1. The summed E-state index contributed by atoms with van der Waals surface area (Å²) in [6.07, 6.45) is 3.18. The highest BCUT2D eigenvalue weighted by Crippen LogP contribution is 2.17. The molecule has 0 fully saturated rings. The van der Waals surface area contributed by atoms with Crippen LogP contribution in [0.5, 0.6) is 0 Å². The van der Waals surface area contributed by atoms with Gasteiger partial charge in [0.2, 0.25) is 0 Å². The molecule has 0 aliphatic rings. The summed E-state index contributed by atoms with van der Waals surface area (Å²) < 4.78 is 0. The Kier molecular flexibility index (Phi) is 2.63. The Morgan fingerprint density at radius 1 is 1.42 bits per heavy atom. The number of nitrogens with zero attached hydrogens (tertiary/aromatic N) is 1. The number of nitrogens with one attached hydrogen (secondary N) is 1. The Bertz CT molecular complexity index is 303. The molecule has 3 nitrogen and oxygen atoms in total. The topological polar surface area (TPSA) is 45.8 Å². The van der Waals surface area contributed by atoms with Gasteiger partial charge in [0.1, 0.15) is 5.69 Å². The maximum absolute atomic E-state index is 11.2. The predicted molar refractivity (Wildman–Crippen MR) is 48.1 cm³/mol. The highest BCUT2D eigenvalue weighted by molar-refractivity contribution is 5.03. The zero-order valence-electron chi connectivity index (χ0n) is 7.66. The first-order chi connectivity index (χ1) is 5.63. The van der Waals surface area contributed by atoms with E-state index in [1.807, 2.05) is 6.92 Å². The fourth-order valence-corrected chi connectivity index (χ4v) is 1.00. The van der Waals surface area contributed by atoms with E-state index < -0.39 is 0 Å². The van der Waals surface area contributed by atoms with Crippen molar-refractivity contribution in [3.8, 4) is 0 Å². The van der Waals surface area contributed by atoms with Crippen molar-refractivity contribution in [2.24, 2.45) is 5.92 Å². The van der Waals surface area contributed by atoms with E-state index in [2.05, 4.69) is 23.8 Å². The Morgan fingerprint density at radius 2 is 2.08 bits per heavy atom. The van der Waals surface area contributed by atoms with E-state index >= 15 is 0 Å². The standard InChI is InChI=1S/C9H14N2O/c1-6(2)7(3)8-9(12)11-5-4-10-8/h4-7H,1-3H3,(H,11,12). The summed E-state index contributed by atoms with van der Waals surface area (Å²) in [5, 5.41) is 0. The van der Waals surface area contributed by atoms with Crippen LogP contribution in [0.15, 0.2) is 17.2 Å². The van der Waals surface area contributed by atoms with Crippen molar-refractivity contribution in [3.63, 3.8) is 0 Å². The molecule has 1 aromatic rings. The lowest BCUT2D eigenvalue weighted by Gasteiger charge is -2.12. The molecule has 0 spiro atoms. The molecule has 0 bridgehead atoms. The van der Waals surface area contributed by atoms with E-state index in [9.17, 15) is 4.79 Å². The lowest BCUT2D eigenvalue weighted by molar-refractivity contribution is 0.518. The molecule has 0 saturated heterocycles. The smallest absolute Gasteiger partial charge is 0.269 e. The van der Waals surface area contributed by atoms with Crippen LogP contribution in [0.25, 0.3) is 0 Å². The Labute approximate surface area is 71.9 Å². The minimum atomic E-state index is -0.0706. The summed E-state index contributed by atoms with van der Waals surface area (Å²) in [4.78, 5) is 17.9. The van der Waals surface area contributed by atoms with Gasteiger partial charge in [-0.15, -0.1) is 0 Å². The molecule has 12 heavy (non-hydrogen) atoms. The summed E-state index contributed by atoms with van der Waals surface area (Å²) in [7, 11) is 0. The van der Waals surface area contributed by atoms with Gasteiger partial charge < -0.3 is 4.98 Å². The van der Waals surface area contributed by atoms with Gasteiger partial charge in [0.15, 0.2) is 0 Å². The molecular weight excluding hydrogens is 152 g/mol. The maximum Gasteiger partial charge on any atom is 0.269 e. The molecule has 1 atom stereocenters. The molecule has 0 saturated carbocycles. The summed E-state index contributed by atoms with van der Waals surface area (Å²) in [6, 6.07) is 0. The number of aromatic nitrogens is 2. The average Bonchev–Trinajstić information content (AvgIpc) is 2.04. The van der Waals surface area contributed by atoms with Crippen molar-refractivity contribution in [1.29, 1.82) is 0 Å². The van der Waals surface area contributed by atoms with E-state index in [0.29, 0.717) is 11.6 Å². The Balaban J connectivity index is 3.03. The lowest BCUT2D eigenvalue weighted by Crippen LogP contribution is -2.19. The van der Waals surface area contributed by atoms with Crippen molar-refractivity contribution in [2.75, 3.05) is 0 Å². The largest absolute Gasteiger partial charge is 0.326 e. The van der Waals surface area contributed by atoms with Crippen molar-refractivity contribution >= 4 is 0 Å². The van der Waals surface area contributed by atoms with Crippen molar-refractivity contribution in [3.05, 3.63) is 28.4 Å². The van der Waals surface area contributed by atoms with Gasteiger partial charge in [0, 0.05) is 18.3 Å². The molecular formula is C9H14N2O. The van der Waals surface area contributed by atoms with E-state index in [4.69, 9.17) is 0 Å². The third-order valence-electron chi connectivity index (χ3n) is 2.17. The molecule has 1 aromatic heterocycles. The van der Waals surface area contributed by atoms with Gasteiger partial charge in [-0.05, 0) is 5.92 Å². The van der Waals surface area contributed by atoms with Crippen LogP contribution in [0.1, 0.15) is 32.4 Å². The molecule has 66 valence electrons. The van der Waals surface area contributed by atoms with Crippen molar-refractivity contribution in [2.45, 2.75) is 26.7 Å². The number of aromatic amines is 1. The zero-order chi connectivity index (χ0) is 9.14. The van der Waals surface area contributed by atoms with Crippen LogP contribution < -0.4 is 5.56 Å². The van der Waals surface area contributed by atoms with Crippen LogP contribution in [0.3, 0.4) is 0 Å². The third kappa shape index (κ3) is 1.72. The third-order valence-corrected chi connectivity index (χ3v) is 2.17. The highest BCUT2D eigenvalue weighted by Gasteiger charge is 2.13. The van der Waals surface area contributed by atoms with Gasteiger partial charge >= 0.3 is 0 Å². The van der Waals surface area contributed by atoms with Crippen molar-refractivity contribution in [1.82, 2.24) is 9.97 Å². The van der Waals surface area contributed by atoms with Crippen LogP contribution in [-0.4, -0.2) is 9.97 Å². The normalized spacial score (nSPS) is 13.3. The summed E-state index contributed by atoms with van der Waals surface area (Å²) in [6.45, 7) is 6.18. The van der Waals surface area contributed by atoms with Crippen LogP contribution in [-0.2, 0) is 0 Å². The summed E-state index contributed by atoms with van der Waals surface area (Å²) >= 11 is 0.